The summed E-state index contributed by atoms with van der Waals surface area (Å²) < 4.78 is 1.31. The van der Waals surface area contributed by atoms with Gasteiger partial charge >= 0.3 is 5.97 Å². The van der Waals surface area contributed by atoms with Crippen molar-refractivity contribution in [1.29, 1.82) is 0 Å². The average Bonchev–Trinajstić information content (AvgIpc) is 2.66. The van der Waals surface area contributed by atoms with Crippen LogP contribution in [0.25, 0.3) is 5.82 Å². The fraction of sp³-hybridized carbons (Fsp3) is 0.200. The summed E-state index contributed by atoms with van der Waals surface area (Å²) in [4.78, 5) is 19.1. The minimum Gasteiger partial charge on any atom is -0.477 e. The maximum atomic E-state index is 11.1. The van der Waals surface area contributed by atoms with Gasteiger partial charge in [0.15, 0.2) is 5.82 Å². The van der Waals surface area contributed by atoms with Gasteiger partial charge in [0.05, 0.1) is 0 Å². The van der Waals surface area contributed by atoms with Crippen molar-refractivity contribution >= 4 is 23.5 Å². The maximum Gasteiger partial charge on any atom is 0.342 e. The molecule has 0 saturated carbocycles. The molecule has 8 heteroatoms. The largest absolute Gasteiger partial charge is 0.477 e. The monoisotopic (exact) mass is 265 g/mol. The Hall–Kier alpha value is -2.09. The molecule has 2 aromatic rings. The van der Waals surface area contributed by atoms with Crippen LogP contribution >= 0.6 is 11.8 Å². The standard InChI is InChI=1S/C10H11N5O2S/c1-5-3-6(13-4-12-5)15-8(11)7(10(16)17)9(14-15)18-2/h3-4H,11H2,1-2H3,(H,16,17). The van der Waals surface area contributed by atoms with E-state index in [4.69, 9.17) is 10.8 Å². The molecule has 2 aromatic heterocycles. The van der Waals surface area contributed by atoms with E-state index in [-0.39, 0.29) is 11.4 Å². The zero-order valence-electron chi connectivity index (χ0n) is 9.78. The van der Waals surface area contributed by atoms with Crippen molar-refractivity contribution in [3.63, 3.8) is 0 Å². The van der Waals surface area contributed by atoms with Gasteiger partial charge in [-0.15, -0.1) is 11.8 Å². The molecule has 2 heterocycles. The lowest BCUT2D eigenvalue weighted by atomic mass is 10.3. The Kier molecular flexibility index (Phi) is 3.19. The van der Waals surface area contributed by atoms with Crippen LogP contribution in [0.15, 0.2) is 17.4 Å². The quantitative estimate of drug-likeness (QED) is 0.796. The van der Waals surface area contributed by atoms with E-state index in [9.17, 15) is 4.79 Å². The number of carbonyl (C=O) groups is 1. The number of thioether (sulfide) groups is 1. The molecule has 3 N–H and O–H groups in total. The molecule has 18 heavy (non-hydrogen) atoms. The molecule has 0 aliphatic rings. The number of nitrogens with zero attached hydrogens (tertiary/aromatic N) is 4. The molecule has 7 nitrogen and oxygen atoms in total. The van der Waals surface area contributed by atoms with Crippen molar-refractivity contribution in [3.05, 3.63) is 23.7 Å². The summed E-state index contributed by atoms with van der Waals surface area (Å²) >= 11 is 1.22. The second-order valence-corrected chi connectivity index (χ2v) is 4.30. The number of nitrogens with two attached hydrogens (primary N) is 1. The number of carboxylic acids is 1. The van der Waals surface area contributed by atoms with Crippen molar-refractivity contribution in [2.24, 2.45) is 0 Å². The Morgan fingerprint density at radius 3 is 2.72 bits per heavy atom. The van der Waals surface area contributed by atoms with Gasteiger partial charge < -0.3 is 10.8 Å². The van der Waals surface area contributed by atoms with Crippen molar-refractivity contribution < 1.29 is 9.90 Å². The highest BCUT2D eigenvalue weighted by molar-refractivity contribution is 7.98. The van der Waals surface area contributed by atoms with Gasteiger partial charge in [0.2, 0.25) is 0 Å². The van der Waals surface area contributed by atoms with Crippen molar-refractivity contribution in [2.75, 3.05) is 12.0 Å². The Morgan fingerprint density at radius 1 is 1.50 bits per heavy atom. The first-order valence-electron chi connectivity index (χ1n) is 4.99. The number of nitrogen functional groups attached to an aromatic ring is 1. The van der Waals surface area contributed by atoms with Crippen LogP contribution in [0.1, 0.15) is 16.1 Å². The SMILES string of the molecule is CSc1nn(-c2cc(C)ncn2)c(N)c1C(=O)O. The molecule has 0 aliphatic carbocycles. The van der Waals surface area contributed by atoms with Crippen LogP contribution < -0.4 is 5.73 Å². The Labute approximate surface area is 107 Å². The number of aromatic nitrogens is 4. The normalized spacial score (nSPS) is 10.6. The van der Waals surface area contributed by atoms with Crippen LogP contribution in [0, 0.1) is 6.92 Å². The topological polar surface area (TPSA) is 107 Å². The maximum absolute atomic E-state index is 11.1. The number of hydrogen-bond acceptors (Lipinski definition) is 6. The number of aromatic carboxylic acids is 1. The van der Waals surface area contributed by atoms with Gasteiger partial charge in [-0.1, -0.05) is 0 Å². The lowest BCUT2D eigenvalue weighted by Crippen LogP contribution is -2.07. The first-order valence-corrected chi connectivity index (χ1v) is 6.22. The molecule has 94 valence electrons. The van der Waals surface area contributed by atoms with Gasteiger partial charge in [-0.25, -0.2) is 14.8 Å². The minimum absolute atomic E-state index is 0.00114. The second-order valence-electron chi connectivity index (χ2n) is 3.50. The predicted molar refractivity (Wildman–Crippen MR) is 67.0 cm³/mol. The molecule has 0 atom stereocenters. The summed E-state index contributed by atoms with van der Waals surface area (Å²) in [5.41, 5.74) is 6.56. The first-order chi connectivity index (χ1) is 8.54. The molecular weight excluding hydrogens is 254 g/mol. The lowest BCUT2D eigenvalue weighted by molar-refractivity contribution is 0.0694. The molecular formula is C10H11N5O2S. The molecule has 0 radical (unpaired) electrons. The third-order valence-corrected chi connectivity index (χ3v) is 2.98. The molecule has 0 amide bonds. The molecule has 0 bridgehead atoms. The van der Waals surface area contributed by atoms with Crippen LogP contribution in [-0.4, -0.2) is 37.1 Å². The third kappa shape index (κ3) is 2.02. The smallest absolute Gasteiger partial charge is 0.342 e. The third-order valence-electron chi connectivity index (χ3n) is 2.30. The molecule has 0 aromatic carbocycles. The zero-order chi connectivity index (χ0) is 13.3. The van der Waals surface area contributed by atoms with E-state index in [0.29, 0.717) is 10.8 Å². The summed E-state index contributed by atoms with van der Waals surface area (Å²) in [5, 5.41) is 13.6. The molecule has 2 rings (SSSR count). The first kappa shape index (κ1) is 12.4. The summed E-state index contributed by atoms with van der Waals surface area (Å²) in [6, 6.07) is 1.68. The van der Waals surface area contributed by atoms with E-state index in [1.807, 2.05) is 0 Å². The Balaban J connectivity index is 2.63. The Morgan fingerprint density at radius 2 is 2.22 bits per heavy atom. The molecule has 0 aliphatic heterocycles. The van der Waals surface area contributed by atoms with E-state index in [1.54, 1.807) is 19.2 Å². The second kappa shape index (κ2) is 4.65. The number of hydrogen-bond donors (Lipinski definition) is 2. The summed E-state index contributed by atoms with van der Waals surface area (Å²) in [6.07, 6.45) is 3.12. The fourth-order valence-electron chi connectivity index (χ4n) is 1.49. The van der Waals surface area contributed by atoms with Crippen LogP contribution in [0.3, 0.4) is 0 Å². The highest BCUT2D eigenvalue weighted by Gasteiger charge is 2.22. The van der Waals surface area contributed by atoms with Crippen molar-refractivity contribution in [2.45, 2.75) is 11.9 Å². The van der Waals surface area contributed by atoms with Gasteiger partial charge in [-0.2, -0.15) is 9.78 Å². The van der Waals surface area contributed by atoms with Crippen LogP contribution in [0.2, 0.25) is 0 Å². The highest BCUT2D eigenvalue weighted by Crippen LogP contribution is 2.26. The molecule has 0 unspecified atom stereocenters. The highest BCUT2D eigenvalue weighted by atomic mass is 32.2. The van der Waals surface area contributed by atoms with E-state index in [2.05, 4.69) is 15.1 Å². The van der Waals surface area contributed by atoms with Gasteiger partial charge in [0.25, 0.3) is 0 Å². The van der Waals surface area contributed by atoms with Gasteiger partial charge in [-0.3, -0.25) is 0 Å². The van der Waals surface area contributed by atoms with Crippen LogP contribution in [-0.2, 0) is 0 Å². The van der Waals surface area contributed by atoms with Gasteiger partial charge in [-0.05, 0) is 13.2 Å². The average molecular weight is 265 g/mol. The molecule has 0 fully saturated rings. The molecule has 0 saturated heterocycles. The number of rotatable bonds is 3. The van der Waals surface area contributed by atoms with Gasteiger partial charge in [0, 0.05) is 11.8 Å². The van der Waals surface area contributed by atoms with E-state index in [0.717, 1.165) is 5.69 Å². The lowest BCUT2D eigenvalue weighted by Gasteiger charge is -2.02. The van der Waals surface area contributed by atoms with Crippen molar-refractivity contribution in [3.8, 4) is 5.82 Å². The van der Waals surface area contributed by atoms with Gasteiger partial charge in [0.1, 0.15) is 22.7 Å². The number of anilines is 1. The van der Waals surface area contributed by atoms with E-state index in [1.165, 1.54) is 22.8 Å². The Bertz CT molecular complexity index is 610. The molecule has 0 spiro atoms. The number of aryl methyl sites for hydroxylation is 1. The van der Waals surface area contributed by atoms with Crippen LogP contribution in [0.4, 0.5) is 5.82 Å². The minimum atomic E-state index is -1.10. The summed E-state index contributed by atoms with van der Waals surface area (Å²) in [6.45, 7) is 1.80. The van der Waals surface area contributed by atoms with Crippen molar-refractivity contribution in [1.82, 2.24) is 19.7 Å². The predicted octanol–water partition coefficient (Wildman–Crippen LogP) is 0.973. The number of carboxylic acid groups (broad SMARTS) is 1. The zero-order valence-corrected chi connectivity index (χ0v) is 10.6. The van der Waals surface area contributed by atoms with E-state index < -0.39 is 5.97 Å². The summed E-state index contributed by atoms with van der Waals surface area (Å²) in [7, 11) is 0. The fourth-order valence-corrected chi connectivity index (χ4v) is 2.04. The van der Waals surface area contributed by atoms with E-state index >= 15 is 0 Å². The summed E-state index contributed by atoms with van der Waals surface area (Å²) in [5.74, 6) is -0.596. The van der Waals surface area contributed by atoms with Crippen LogP contribution in [0.5, 0.6) is 0 Å².